The van der Waals surface area contributed by atoms with Gasteiger partial charge in [-0.3, -0.25) is 9.48 Å². The first kappa shape index (κ1) is 20.6. The Kier molecular flexibility index (Phi) is 5.88. The molecule has 1 aliphatic carbocycles. The smallest absolute Gasteiger partial charge is 0.272 e. The molecular formula is C23H25ClN4O2. The van der Waals surface area contributed by atoms with Gasteiger partial charge in [0.1, 0.15) is 5.69 Å². The number of hydrogen-bond acceptors (Lipinski definition) is 4. The minimum absolute atomic E-state index is 0.158. The van der Waals surface area contributed by atoms with Gasteiger partial charge in [-0.05, 0) is 49.1 Å². The normalized spacial score (nSPS) is 16.4. The molecule has 2 heterocycles. The lowest BCUT2D eigenvalue weighted by atomic mass is 9.86. The Balaban J connectivity index is 1.69. The quantitative estimate of drug-likeness (QED) is 0.614. The molecule has 7 heteroatoms. The van der Waals surface area contributed by atoms with Crippen molar-refractivity contribution in [2.45, 2.75) is 50.8 Å². The predicted molar refractivity (Wildman–Crippen MR) is 116 cm³/mol. The monoisotopic (exact) mass is 424 g/mol. The molecule has 0 bridgehead atoms. The molecule has 156 valence electrons. The van der Waals surface area contributed by atoms with E-state index in [0.717, 1.165) is 36.1 Å². The van der Waals surface area contributed by atoms with Gasteiger partial charge in [0.2, 0.25) is 0 Å². The third-order valence-corrected chi connectivity index (χ3v) is 6.07. The largest absolute Gasteiger partial charge is 0.387 e. The van der Waals surface area contributed by atoms with Crippen LogP contribution in [0.4, 0.5) is 0 Å². The Hall–Kier alpha value is -2.70. The summed E-state index contributed by atoms with van der Waals surface area (Å²) in [5.41, 5.74) is 1.98. The van der Waals surface area contributed by atoms with Crippen LogP contribution in [0.15, 0.2) is 55.0 Å². The third-order valence-electron chi connectivity index (χ3n) is 5.77. The first-order valence-corrected chi connectivity index (χ1v) is 10.6. The van der Waals surface area contributed by atoms with Crippen LogP contribution in [0.25, 0.3) is 11.1 Å². The van der Waals surface area contributed by atoms with Crippen molar-refractivity contribution in [2.75, 3.05) is 0 Å². The van der Waals surface area contributed by atoms with Gasteiger partial charge in [-0.2, -0.15) is 5.10 Å². The summed E-state index contributed by atoms with van der Waals surface area (Å²) in [5.74, 6) is -0.393. The summed E-state index contributed by atoms with van der Waals surface area (Å²) in [6.07, 6.45) is 8.47. The molecule has 1 fully saturated rings. The number of hydrogen-bond donors (Lipinski definition) is 2. The molecule has 0 aliphatic heterocycles. The average molecular weight is 425 g/mol. The summed E-state index contributed by atoms with van der Waals surface area (Å²) in [6.45, 7) is 2.83. The van der Waals surface area contributed by atoms with Gasteiger partial charge < -0.3 is 10.4 Å². The van der Waals surface area contributed by atoms with E-state index in [4.69, 9.17) is 11.6 Å². The van der Waals surface area contributed by atoms with Gasteiger partial charge in [0.25, 0.3) is 5.91 Å². The molecule has 4 rings (SSSR count). The van der Waals surface area contributed by atoms with Crippen LogP contribution < -0.4 is 5.32 Å². The number of aryl methyl sites for hydroxylation is 1. The van der Waals surface area contributed by atoms with Gasteiger partial charge in [-0.1, -0.05) is 42.6 Å². The van der Waals surface area contributed by atoms with Crippen LogP contribution in [0.2, 0.25) is 5.02 Å². The lowest BCUT2D eigenvalue weighted by Gasteiger charge is -2.34. The fourth-order valence-electron chi connectivity index (χ4n) is 4.14. The lowest BCUT2D eigenvalue weighted by molar-refractivity contribution is 0.00718. The summed E-state index contributed by atoms with van der Waals surface area (Å²) in [6, 6.07) is 10.7. The molecule has 3 aromatic rings. The Morgan fingerprint density at radius 1 is 1.27 bits per heavy atom. The minimum atomic E-state index is -1.01. The summed E-state index contributed by atoms with van der Waals surface area (Å²) in [4.78, 5) is 17.1. The van der Waals surface area contributed by atoms with Gasteiger partial charge in [-0.15, -0.1) is 0 Å². The number of rotatable bonds is 6. The van der Waals surface area contributed by atoms with Gasteiger partial charge in [0.15, 0.2) is 0 Å². The highest BCUT2D eigenvalue weighted by molar-refractivity contribution is 6.33. The van der Waals surface area contributed by atoms with E-state index >= 15 is 0 Å². The van der Waals surface area contributed by atoms with Gasteiger partial charge in [0.05, 0.1) is 22.9 Å². The highest BCUT2D eigenvalue weighted by atomic mass is 35.5. The van der Waals surface area contributed by atoms with E-state index in [0.29, 0.717) is 12.8 Å². The molecule has 2 aromatic heterocycles. The summed E-state index contributed by atoms with van der Waals surface area (Å²) >= 11 is 6.17. The molecule has 1 atom stereocenters. The fourth-order valence-corrected chi connectivity index (χ4v) is 4.35. The number of benzene rings is 1. The van der Waals surface area contributed by atoms with Crippen molar-refractivity contribution in [3.63, 3.8) is 0 Å². The van der Waals surface area contributed by atoms with Crippen molar-refractivity contribution in [2.24, 2.45) is 0 Å². The van der Waals surface area contributed by atoms with E-state index in [2.05, 4.69) is 15.4 Å². The van der Waals surface area contributed by atoms with Crippen LogP contribution >= 0.6 is 11.6 Å². The van der Waals surface area contributed by atoms with Crippen LogP contribution in [0.5, 0.6) is 0 Å². The third kappa shape index (κ3) is 4.11. The first-order chi connectivity index (χ1) is 14.5. The molecule has 1 amide bonds. The molecule has 2 N–H and O–H groups in total. The van der Waals surface area contributed by atoms with Crippen LogP contribution in [0.1, 0.15) is 54.7 Å². The van der Waals surface area contributed by atoms with Crippen molar-refractivity contribution in [1.29, 1.82) is 0 Å². The van der Waals surface area contributed by atoms with E-state index in [1.165, 1.54) is 6.20 Å². The number of nitrogens with one attached hydrogen (secondary N) is 1. The topological polar surface area (TPSA) is 80.0 Å². The molecular weight excluding hydrogens is 400 g/mol. The molecule has 30 heavy (non-hydrogen) atoms. The highest BCUT2D eigenvalue weighted by Gasteiger charge is 2.41. The maximum absolute atomic E-state index is 13.0. The fraction of sp³-hybridized carbons (Fsp3) is 0.348. The second-order valence-corrected chi connectivity index (χ2v) is 8.17. The molecule has 1 aromatic carbocycles. The maximum atomic E-state index is 13.0. The molecule has 0 radical (unpaired) electrons. The zero-order valence-corrected chi connectivity index (χ0v) is 17.6. The van der Waals surface area contributed by atoms with Crippen LogP contribution in [-0.4, -0.2) is 31.4 Å². The van der Waals surface area contributed by atoms with Gasteiger partial charge in [0, 0.05) is 24.5 Å². The zero-order valence-electron chi connectivity index (χ0n) is 16.9. The van der Waals surface area contributed by atoms with Gasteiger partial charge >= 0.3 is 0 Å². The molecule has 1 unspecified atom stereocenters. The Bertz CT molecular complexity index is 1040. The zero-order chi connectivity index (χ0) is 21.1. The number of nitrogens with zero attached hydrogens (tertiary/aromatic N) is 3. The number of amides is 1. The number of halogens is 1. The minimum Gasteiger partial charge on any atom is -0.387 e. The molecule has 0 saturated heterocycles. The maximum Gasteiger partial charge on any atom is 0.272 e. The number of pyridine rings is 1. The summed E-state index contributed by atoms with van der Waals surface area (Å²) < 4.78 is 1.87. The molecule has 1 saturated carbocycles. The van der Waals surface area contributed by atoms with E-state index in [-0.39, 0.29) is 10.7 Å². The van der Waals surface area contributed by atoms with Crippen molar-refractivity contribution in [1.82, 2.24) is 20.1 Å². The van der Waals surface area contributed by atoms with Crippen molar-refractivity contribution >= 4 is 17.5 Å². The van der Waals surface area contributed by atoms with Crippen molar-refractivity contribution in [3.8, 4) is 11.1 Å². The van der Waals surface area contributed by atoms with Crippen molar-refractivity contribution < 1.29 is 9.90 Å². The Morgan fingerprint density at radius 2 is 2.07 bits per heavy atom. The summed E-state index contributed by atoms with van der Waals surface area (Å²) in [7, 11) is 0. The predicted octanol–water partition coefficient (Wildman–Crippen LogP) is 4.39. The number of carbonyl (C=O) groups is 1. The number of aliphatic hydroxyl groups is 1. The molecule has 1 aliphatic rings. The Morgan fingerprint density at radius 3 is 2.77 bits per heavy atom. The Labute approximate surface area is 180 Å². The summed E-state index contributed by atoms with van der Waals surface area (Å²) in [5, 5.41) is 19.0. The standard InChI is InChI=1S/C23H25ClN4O2/c1-2-28-15-18(14-26-28)16-7-5-8-17(13-16)21(23(30)10-3-4-11-23)27-22(29)20-19(24)9-6-12-25-20/h5-9,12-15,21,30H,2-4,10-11H2,1H3,(H,27,29). The van der Waals surface area contributed by atoms with E-state index in [9.17, 15) is 9.90 Å². The van der Waals surface area contributed by atoms with Gasteiger partial charge in [-0.25, -0.2) is 4.98 Å². The number of carbonyl (C=O) groups excluding carboxylic acids is 1. The second kappa shape index (κ2) is 8.58. The van der Waals surface area contributed by atoms with Crippen molar-refractivity contribution in [3.05, 3.63) is 71.3 Å². The second-order valence-electron chi connectivity index (χ2n) is 7.76. The highest BCUT2D eigenvalue weighted by Crippen LogP contribution is 2.41. The van der Waals surface area contributed by atoms with Crippen LogP contribution in [0.3, 0.4) is 0 Å². The number of aromatic nitrogens is 3. The SMILES string of the molecule is CCn1cc(-c2cccc(C(NC(=O)c3ncccc3Cl)C3(O)CCCC3)c2)cn1. The van der Waals surface area contributed by atoms with E-state index in [1.807, 2.05) is 48.3 Å². The van der Waals surface area contributed by atoms with E-state index < -0.39 is 17.6 Å². The average Bonchev–Trinajstić information content (AvgIpc) is 3.42. The molecule has 6 nitrogen and oxygen atoms in total. The first-order valence-electron chi connectivity index (χ1n) is 10.3. The lowest BCUT2D eigenvalue weighted by Crippen LogP contribution is -2.44. The molecule has 0 spiro atoms. The van der Waals surface area contributed by atoms with E-state index in [1.54, 1.807) is 12.1 Å². The van der Waals surface area contributed by atoms with Crippen LogP contribution in [-0.2, 0) is 6.54 Å². The van der Waals surface area contributed by atoms with Crippen LogP contribution in [0, 0.1) is 0 Å².